The van der Waals surface area contributed by atoms with Crippen molar-refractivity contribution < 1.29 is 14.3 Å². The molecule has 2 aromatic carbocycles. The molecule has 1 unspecified atom stereocenters. The Morgan fingerprint density at radius 1 is 1.15 bits per heavy atom. The summed E-state index contributed by atoms with van der Waals surface area (Å²) in [4.78, 5) is 27.3. The van der Waals surface area contributed by atoms with Crippen molar-refractivity contribution in [3.05, 3.63) is 65.2 Å². The number of likely N-dealkylation sites (tertiary alicyclic amines) is 1. The normalized spacial score (nSPS) is 21.2. The number of hydrogen-bond donors (Lipinski definition) is 1. The quantitative estimate of drug-likeness (QED) is 0.864. The van der Waals surface area contributed by atoms with Gasteiger partial charge >= 0.3 is 6.09 Å². The molecular formula is C21H22N2O3. The van der Waals surface area contributed by atoms with Crippen molar-refractivity contribution in [1.29, 1.82) is 0 Å². The van der Waals surface area contributed by atoms with E-state index in [1.807, 2.05) is 48.5 Å². The fourth-order valence-electron chi connectivity index (χ4n) is 4.13. The molecule has 0 spiro atoms. The van der Waals surface area contributed by atoms with Gasteiger partial charge in [-0.1, -0.05) is 30.3 Å². The number of carbonyl (C=O) groups excluding carboxylic acids is 2. The number of methoxy groups -OCH3 is 1. The second-order valence-corrected chi connectivity index (χ2v) is 6.97. The van der Waals surface area contributed by atoms with Crippen LogP contribution in [0.5, 0.6) is 0 Å². The number of carbonyl (C=O) groups is 2. The van der Waals surface area contributed by atoms with Crippen molar-refractivity contribution in [2.45, 2.75) is 18.3 Å². The summed E-state index contributed by atoms with van der Waals surface area (Å²) in [5, 5.41) is 3.33. The molecule has 0 bridgehead atoms. The summed E-state index contributed by atoms with van der Waals surface area (Å²) in [6.45, 7) is 1.77. The molecule has 2 aliphatic heterocycles. The predicted molar refractivity (Wildman–Crippen MR) is 99.7 cm³/mol. The Bertz CT molecular complexity index is 850. The molecule has 26 heavy (non-hydrogen) atoms. The van der Waals surface area contributed by atoms with E-state index in [0.717, 1.165) is 24.2 Å². The summed E-state index contributed by atoms with van der Waals surface area (Å²) in [6, 6.07) is 15.7. The van der Waals surface area contributed by atoms with Gasteiger partial charge in [0.1, 0.15) is 0 Å². The van der Waals surface area contributed by atoms with Gasteiger partial charge in [0.15, 0.2) is 5.78 Å². The lowest BCUT2D eigenvalue weighted by Gasteiger charge is -2.28. The number of benzene rings is 2. The third-order valence-electron chi connectivity index (χ3n) is 5.54. The second kappa shape index (κ2) is 6.48. The summed E-state index contributed by atoms with van der Waals surface area (Å²) in [6.07, 6.45) is 1.15. The molecule has 5 nitrogen and oxygen atoms in total. The van der Waals surface area contributed by atoms with Gasteiger partial charge in [-0.05, 0) is 42.2 Å². The van der Waals surface area contributed by atoms with E-state index in [-0.39, 0.29) is 11.9 Å². The highest BCUT2D eigenvalue weighted by molar-refractivity contribution is 6.05. The van der Waals surface area contributed by atoms with E-state index in [9.17, 15) is 9.59 Å². The molecule has 0 radical (unpaired) electrons. The van der Waals surface area contributed by atoms with Crippen molar-refractivity contribution in [3.8, 4) is 0 Å². The van der Waals surface area contributed by atoms with Crippen molar-refractivity contribution in [2.75, 3.05) is 32.1 Å². The zero-order valence-corrected chi connectivity index (χ0v) is 14.8. The Morgan fingerprint density at radius 3 is 2.73 bits per heavy atom. The Labute approximate surface area is 153 Å². The first kappa shape index (κ1) is 16.6. The molecule has 1 N–H and O–H groups in total. The maximum atomic E-state index is 13.6. The number of anilines is 1. The van der Waals surface area contributed by atoms with Crippen molar-refractivity contribution in [2.24, 2.45) is 0 Å². The van der Waals surface area contributed by atoms with Crippen LogP contribution in [-0.2, 0) is 16.6 Å². The van der Waals surface area contributed by atoms with Crippen molar-refractivity contribution >= 4 is 17.6 Å². The third kappa shape index (κ3) is 2.64. The molecule has 4 rings (SSSR count). The largest absolute Gasteiger partial charge is 0.453 e. The first-order valence-corrected chi connectivity index (χ1v) is 8.94. The number of ketones is 1. The Morgan fingerprint density at radius 2 is 1.96 bits per heavy atom. The fourth-order valence-corrected chi connectivity index (χ4v) is 4.13. The van der Waals surface area contributed by atoms with Gasteiger partial charge in [-0.25, -0.2) is 4.79 Å². The number of nitrogens with one attached hydrogen (secondary N) is 1. The SMILES string of the molecule is COC(=O)N1CCC(C(=O)c2ccc3c(c2)CCN3)(c2ccccc2)C1. The number of hydrogen-bond acceptors (Lipinski definition) is 4. The summed E-state index contributed by atoms with van der Waals surface area (Å²) >= 11 is 0. The highest BCUT2D eigenvalue weighted by Crippen LogP contribution is 2.39. The van der Waals surface area contributed by atoms with Crippen LogP contribution in [0, 0.1) is 0 Å². The van der Waals surface area contributed by atoms with E-state index in [1.165, 1.54) is 12.7 Å². The Hall–Kier alpha value is -2.82. The van der Waals surface area contributed by atoms with E-state index in [0.29, 0.717) is 25.1 Å². The lowest BCUT2D eigenvalue weighted by molar-refractivity contribution is 0.0880. The maximum Gasteiger partial charge on any atom is 0.409 e. The van der Waals surface area contributed by atoms with Crippen LogP contribution in [0.4, 0.5) is 10.5 Å². The van der Waals surface area contributed by atoms with Crippen LogP contribution in [0.2, 0.25) is 0 Å². The van der Waals surface area contributed by atoms with Crippen molar-refractivity contribution in [3.63, 3.8) is 0 Å². The number of rotatable bonds is 3. The molecule has 0 aromatic heterocycles. The zero-order valence-electron chi connectivity index (χ0n) is 14.8. The molecule has 1 saturated heterocycles. The summed E-state index contributed by atoms with van der Waals surface area (Å²) in [7, 11) is 1.38. The molecule has 5 heteroatoms. The van der Waals surface area contributed by atoms with Gasteiger partial charge < -0.3 is 15.0 Å². The minimum absolute atomic E-state index is 0.0739. The predicted octanol–water partition coefficient (Wildman–Crippen LogP) is 3.25. The first-order valence-electron chi connectivity index (χ1n) is 8.94. The molecule has 2 heterocycles. The molecule has 134 valence electrons. The van der Waals surface area contributed by atoms with E-state index < -0.39 is 5.41 Å². The number of nitrogens with zero attached hydrogens (tertiary/aromatic N) is 1. The Kier molecular flexibility index (Phi) is 4.15. The molecular weight excluding hydrogens is 328 g/mol. The smallest absolute Gasteiger partial charge is 0.409 e. The summed E-state index contributed by atoms with van der Waals surface area (Å²) in [5.74, 6) is 0.0739. The molecule has 2 aliphatic rings. The topological polar surface area (TPSA) is 58.6 Å². The van der Waals surface area contributed by atoms with Crippen LogP contribution in [0.1, 0.15) is 27.9 Å². The number of Topliss-reactive ketones (excluding diaryl/α,β-unsaturated/α-hetero) is 1. The molecule has 1 atom stereocenters. The molecule has 0 saturated carbocycles. The zero-order chi connectivity index (χ0) is 18.1. The van der Waals surface area contributed by atoms with Crippen LogP contribution in [0.15, 0.2) is 48.5 Å². The minimum Gasteiger partial charge on any atom is -0.453 e. The highest BCUT2D eigenvalue weighted by Gasteiger charge is 2.47. The van der Waals surface area contributed by atoms with Gasteiger partial charge in [0.25, 0.3) is 0 Å². The monoisotopic (exact) mass is 350 g/mol. The number of amides is 1. The van der Waals surface area contributed by atoms with Crippen LogP contribution in [-0.4, -0.2) is 43.5 Å². The first-order chi connectivity index (χ1) is 12.6. The van der Waals surface area contributed by atoms with Crippen LogP contribution < -0.4 is 5.32 Å². The average Bonchev–Trinajstić information content (AvgIpc) is 3.34. The molecule has 2 aromatic rings. The van der Waals surface area contributed by atoms with Gasteiger partial charge in [0.2, 0.25) is 0 Å². The van der Waals surface area contributed by atoms with Gasteiger partial charge in [-0.15, -0.1) is 0 Å². The molecule has 0 aliphatic carbocycles. The fraction of sp³-hybridized carbons (Fsp3) is 0.333. The van der Waals surface area contributed by atoms with E-state index in [2.05, 4.69) is 5.32 Å². The van der Waals surface area contributed by atoms with E-state index in [4.69, 9.17) is 4.74 Å². The van der Waals surface area contributed by atoms with Gasteiger partial charge in [0, 0.05) is 30.9 Å². The number of fused-ring (bicyclic) bond motifs is 1. The molecule has 1 amide bonds. The van der Waals surface area contributed by atoms with Crippen LogP contribution >= 0.6 is 0 Å². The lowest BCUT2D eigenvalue weighted by Crippen LogP contribution is -2.40. The minimum atomic E-state index is -0.726. The standard InChI is InChI=1S/C21H22N2O3/c1-26-20(25)23-12-10-21(14-23,17-5-3-2-4-6-17)19(24)16-7-8-18-15(13-16)9-11-22-18/h2-8,13,22H,9-12,14H2,1H3. The Balaban J connectivity index is 1.74. The van der Waals surface area contributed by atoms with Crippen LogP contribution in [0.25, 0.3) is 0 Å². The van der Waals surface area contributed by atoms with Gasteiger partial charge in [0.05, 0.1) is 12.5 Å². The van der Waals surface area contributed by atoms with Crippen molar-refractivity contribution in [1.82, 2.24) is 4.90 Å². The van der Waals surface area contributed by atoms with E-state index in [1.54, 1.807) is 4.90 Å². The average molecular weight is 350 g/mol. The lowest BCUT2D eigenvalue weighted by atomic mass is 9.73. The second-order valence-electron chi connectivity index (χ2n) is 6.97. The van der Waals surface area contributed by atoms with E-state index >= 15 is 0 Å². The maximum absolute atomic E-state index is 13.6. The highest BCUT2D eigenvalue weighted by atomic mass is 16.5. The summed E-state index contributed by atoms with van der Waals surface area (Å²) < 4.78 is 4.88. The summed E-state index contributed by atoms with van der Waals surface area (Å²) in [5.41, 5.74) is 3.23. The third-order valence-corrected chi connectivity index (χ3v) is 5.54. The van der Waals surface area contributed by atoms with Crippen LogP contribution in [0.3, 0.4) is 0 Å². The number of ether oxygens (including phenoxy) is 1. The molecule has 1 fully saturated rings. The van der Waals surface area contributed by atoms with Gasteiger partial charge in [-0.2, -0.15) is 0 Å². The van der Waals surface area contributed by atoms with Gasteiger partial charge in [-0.3, -0.25) is 4.79 Å².